The van der Waals surface area contributed by atoms with Crippen molar-refractivity contribution in [1.29, 1.82) is 0 Å². The van der Waals surface area contributed by atoms with E-state index in [9.17, 15) is 14.8 Å². The van der Waals surface area contributed by atoms with Crippen molar-refractivity contribution in [2.45, 2.75) is 53.2 Å². The van der Waals surface area contributed by atoms with Crippen LogP contribution in [0.4, 0.5) is 4.79 Å². The van der Waals surface area contributed by atoms with Crippen molar-refractivity contribution >= 4 is 29.7 Å². The van der Waals surface area contributed by atoms with E-state index in [1.165, 1.54) is 0 Å². The molecule has 0 aliphatic heterocycles. The third-order valence-corrected chi connectivity index (χ3v) is 4.84. The van der Waals surface area contributed by atoms with Gasteiger partial charge in [0.15, 0.2) is 0 Å². The first-order valence-corrected chi connectivity index (χ1v) is 10.3. The molecule has 0 spiro atoms. The van der Waals surface area contributed by atoms with E-state index in [1.807, 2.05) is 71.9 Å². The maximum atomic E-state index is 12.4. The van der Waals surface area contributed by atoms with Gasteiger partial charge in [0, 0.05) is 0 Å². The number of alkyl carbamates (subject to hydrolysis) is 1. The van der Waals surface area contributed by atoms with Gasteiger partial charge in [-0.15, -0.1) is 0 Å². The number of nitrogens with one attached hydrogen (secondary N) is 2. The molecule has 0 saturated heterocycles. The van der Waals surface area contributed by atoms with Crippen molar-refractivity contribution in [3.8, 4) is 11.1 Å². The lowest BCUT2D eigenvalue weighted by molar-refractivity contribution is 0.0458. The normalized spacial score (nSPS) is 13.2. The van der Waals surface area contributed by atoms with Gasteiger partial charge in [0.25, 0.3) is 0 Å². The molecule has 0 fully saturated rings. The smallest absolute Gasteiger partial charge is 0.444 e. The number of imidazole rings is 1. The molecule has 7 nitrogen and oxygen atoms in total. The van der Waals surface area contributed by atoms with Gasteiger partial charge in [-0.25, -0.2) is 9.78 Å². The Morgan fingerprint density at radius 2 is 1.65 bits per heavy atom. The van der Waals surface area contributed by atoms with E-state index in [4.69, 9.17) is 9.72 Å². The largest absolute Gasteiger partial charge is 0.488 e. The number of carbonyl (C=O) groups excluding carboxylic acids is 1. The Bertz CT molecular complexity index is 1060. The third-order valence-electron chi connectivity index (χ3n) is 4.84. The van der Waals surface area contributed by atoms with Gasteiger partial charge in [-0.3, -0.25) is 0 Å². The van der Waals surface area contributed by atoms with E-state index in [1.54, 1.807) is 12.1 Å². The molecule has 4 N–H and O–H groups in total. The van der Waals surface area contributed by atoms with Gasteiger partial charge >= 0.3 is 13.2 Å². The number of rotatable bonds is 4. The lowest BCUT2D eigenvalue weighted by atomic mass is 9.80. The van der Waals surface area contributed by atoms with Crippen molar-refractivity contribution in [3.05, 3.63) is 48.3 Å². The first kappa shape index (κ1) is 22.8. The van der Waals surface area contributed by atoms with Gasteiger partial charge in [0.2, 0.25) is 0 Å². The second-order valence-corrected chi connectivity index (χ2v) is 9.79. The lowest BCUT2D eigenvalue weighted by Gasteiger charge is -2.31. The third kappa shape index (κ3) is 5.65. The van der Waals surface area contributed by atoms with E-state index in [-0.39, 0.29) is 11.5 Å². The van der Waals surface area contributed by atoms with Crippen molar-refractivity contribution < 1.29 is 19.6 Å². The van der Waals surface area contributed by atoms with Gasteiger partial charge in [0.05, 0.1) is 17.1 Å². The summed E-state index contributed by atoms with van der Waals surface area (Å²) in [4.78, 5) is 20.5. The Kier molecular flexibility index (Phi) is 6.16. The topological polar surface area (TPSA) is 107 Å². The van der Waals surface area contributed by atoms with Crippen LogP contribution in [0.15, 0.2) is 42.5 Å². The molecule has 0 bridgehead atoms. The Balaban J connectivity index is 1.91. The molecule has 3 rings (SSSR count). The first-order valence-electron chi connectivity index (χ1n) is 10.3. The summed E-state index contributed by atoms with van der Waals surface area (Å²) in [5.74, 6) is 0.657. The van der Waals surface area contributed by atoms with E-state index in [0.29, 0.717) is 11.3 Å². The number of H-pyrrole nitrogens is 1. The molecule has 1 atom stereocenters. The van der Waals surface area contributed by atoms with Crippen LogP contribution in [0.3, 0.4) is 0 Å². The van der Waals surface area contributed by atoms with E-state index in [0.717, 1.165) is 22.2 Å². The molecule has 164 valence electrons. The molecular weight excluding hydrogens is 393 g/mol. The van der Waals surface area contributed by atoms with Crippen LogP contribution < -0.4 is 10.8 Å². The van der Waals surface area contributed by atoms with Gasteiger partial charge < -0.3 is 25.1 Å². The molecule has 1 aromatic heterocycles. The van der Waals surface area contributed by atoms with E-state index < -0.39 is 18.8 Å². The Morgan fingerprint density at radius 3 is 2.19 bits per heavy atom. The van der Waals surface area contributed by atoms with Crippen LogP contribution in [0.5, 0.6) is 0 Å². The standard InChI is InChI=1S/C23H30BN3O4/c1-22(2,3)19(27-21(28)31-23(4,5)6)20-25-17-12-9-15(13-18(17)26-20)14-7-10-16(11-8-14)24(29)30/h7-13,19,29-30H,1-6H3,(H,25,26)(H,27,28). The molecule has 0 saturated carbocycles. The number of ether oxygens (including phenoxy) is 1. The predicted octanol–water partition coefficient (Wildman–Crippen LogP) is 3.52. The molecule has 1 amide bonds. The Hall–Kier alpha value is -2.84. The second kappa shape index (κ2) is 8.36. The summed E-state index contributed by atoms with van der Waals surface area (Å²) in [7, 11) is -1.49. The molecule has 2 aromatic carbocycles. The zero-order chi connectivity index (χ0) is 23.0. The highest BCUT2D eigenvalue weighted by molar-refractivity contribution is 6.58. The van der Waals surface area contributed by atoms with Gasteiger partial charge in [-0.2, -0.15) is 0 Å². The molecular formula is C23H30BN3O4. The SMILES string of the molecule is CC(C)(C)OC(=O)NC(c1nc2ccc(-c3ccc(B(O)O)cc3)cc2[nH]1)C(C)(C)C. The zero-order valence-electron chi connectivity index (χ0n) is 18.9. The van der Waals surface area contributed by atoms with Crippen LogP contribution in [0, 0.1) is 5.41 Å². The average Bonchev–Trinajstić information content (AvgIpc) is 3.06. The molecule has 0 aliphatic carbocycles. The first-order chi connectivity index (χ1) is 14.3. The highest BCUT2D eigenvalue weighted by Crippen LogP contribution is 2.33. The predicted molar refractivity (Wildman–Crippen MR) is 123 cm³/mol. The molecule has 8 heteroatoms. The molecule has 3 aromatic rings. The number of amides is 1. The molecule has 31 heavy (non-hydrogen) atoms. The quantitative estimate of drug-likeness (QED) is 0.481. The van der Waals surface area contributed by atoms with Crippen LogP contribution in [0.25, 0.3) is 22.2 Å². The van der Waals surface area contributed by atoms with Gasteiger partial charge in [0.1, 0.15) is 11.4 Å². The zero-order valence-corrected chi connectivity index (χ0v) is 18.9. The number of aromatic amines is 1. The molecule has 1 heterocycles. The fourth-order valence-corrected chi connectivity index (χ4v) is 3.31. The van der Waals surface area contributed by atoms with Crippen LogP contribution in [-0.2, 0) is 4.74 Å². The molecule has 0 aliphatic rings. The number of fused-ring (bicyclic) bond motifs is 1. The van der Waals surface area contributed by atoms with E-state index in [2.05, 4.69) is 10.3 Å². The summed E-state index contributed by atoms with van der Waals surface area (Å²) in [6.45, 7) is 11.6. The summed E-state index contributed by atoms with van der Waals surface area (Å²) < 4.78 is 5.43. The number of hydrogen-bond donors (Lipinski definition) is 4. The number of carbonyl (C=O) groups is 1. The van der Waals surface area contributed by atoms with Crippen molar-refractivity contribution in [3.63, 3.8) is 0 Å². The second-order valence-electron chi connectivity index (χ2n) is 9.79. The summed E-state index contributed by atoms with van der Waals surface area (Å²) in [6, 6.07) is 12.6. The summed E-state index contributed by atoms with van der Waals surface area (Å²) in [6.07, 6.45) is -0.486. The minimum Gasteiger partial charge on any atom is -0.444 e. The summed E-state index contributed by atoms with van der Waals surface area (Å²) >= 11 is 0. The van der Waals surface area contributed by atoms with Crippen LogP contribution in [0.1, 0.15) is 53.4 Å². The Morgan fingerprint density at radius 1 is 1.03 bits per heavy atom. The molecule has 1 unspecified atom stereocenters. The van der Waals surface area contributed by atoms with Gasteiger partial charge in [-0.1, -0.05) is 51.1 Å². The minimum absolute atomic E-state index is 0.297. The fraction of sp³-hybridized carbons (Fsp3) is 0.391. The molecule has 0 radical (unpaired) electrons. The lowest BCUT2D eigenvalue weighted by Crippen LogP contribution is -2.40. The highest BCUT2D eigenvalue weighted by Gasteiger charge is 2.32. The number of nitrogens with zero attached hydrogens (tertiary/aromatic N) is 1. The van der Waals surface area contributed by atoms with Crippen molar-refractivity contribution in [2.75, 3.05) is 0 Å². The number of benzene rings is 2. The number of hydrogen-bond acceptors (Lipinski definition) is 5. The van der Waals surface area contributed by atoms with Crippen LogP contribution in [-0.4, -0.2) is 38.8 Å². The number of aromatic nitrogens is 2. The van der Waals surface area contributed by atoms with Crippen LogP contribution in [0.2, 0.25) is 0 Å². The maximum absolute atomic E-state index is 12.4. The van der Waals surface area contributed by atoms with Crippen LogP contribution >= 0.6 is 0 Å². The maximum Gasteiger partial charge on any atom is 0.488 e. The highest BCUT2D eigenvalue weighted by atomic mass is 16.6. The van der Waals surface area contributed by atoms with Crippen molar-refractivity contribution in [1.82, 2.24) is 15.3 Å². The fourth-order valence-electron chi connectivity index (χ4n) is 3.31. The minimum atomic E-state index is -1.49. The van der Waals surface area contributed by atoms with E-state index >= 15 is 0 Å². The summed E-state index contributed by atoms with van der Waals surface area (Å²) in [5.41, 5.74) is 3.11. The Labute approximate surface area is 183 Å². The summed E-state index contributed by atoms with van der Waals surface area (Å²) in [5, 5.41) is 21.5. The monoisotopic (exact) mass is 423 g/mol. The van der Waals surface area contributed by atoms with Crippen molar-refractivity contribution in [2.24, 2.45) is 5.41 Å². The van der Waals surface area contributed by atoms with Gasteiger partial charge in [-0.05, 0) is 54.9 Å². The average molecular weight is 423 g/mol.